The summed E-state index contributed by atoms with van der Waals surface area (Å²) < 4.78 is 5.55. The van der Waals surface area contributed by atoms with Crippen LogP contribution in [-0.2, 0) is 15.0 Å². The lowest BCUT2D eigenvalue weighted by Crippen LogP contribution is -2.29. The van der Waals surface area contributed by atoms with Gasteiger partial charge in [-0.05, 0) is 49.8 Å². The maximum atomic E-state index is 12.4. The fraction of sp³-hybridized carbons (Fsp3) is 0.588. The second-order valence-corrected chi connectivity index (χ2v) is 6.96. The molecule has 1 saturated carbocycles. The zero-order chi connectivity index (χ0) is 15.7. The molecule has 1 aliphatic carbocycles. The van der Waals surface area contributed by atoms with Gasteiger partial charge in [-0.3, -0.25) is 4.79 Å². The van der Waals surface area contributed by atoms with Gasteiger partial charge in [0.2, 0.25) is 5.91 Å². The van der Waals surface area contributed by atoms with Gasteiger partial charge in [-0.15, -0.1) is 0 Å². The van der Waals surface area contributed by atoms with Gasteiger partial charge in [-0.2, -0.15) is 0 Å². The van der Waals surface area contributed by atoms with Crippen molar-refractivity contribution >= 4 is 24.2 Å². The van der Waals surface area contributed by atoms with Gasteiger partial charge in [0.25, 0.3) is 0 Å². The minimum absolute atomic E-state index is 0.106. The van der Waals surface area contributed by atoms with E-state index in [1.807, 2.05) is 32.0 Å². The standard InChI is InChI=1S/C17H24BNO3/c1-17(2)14-10-9-13(11-15(14)18(21)22-17)19-16(20)12-7-5-3-4-6-8-12/h9-12,21H,3-8H2,1-2H3,(H,19,20). The van der Waals surface area contributed by atoms with Crippen LogP contribution in [0, 0.1) is 5.92 Å². The zero-order valence-electron chi connectivity index (χ0n) is 13.4. The molecule has 0 unspecified atom stereocenters. The van der Waals surface area contributed by atoms with Crippen molar-refractivity contribution in [3.8, 4) is 0 Å². The van der Waals surface area contributed by atoms with Crippen molar-refractivity contribution in [2.75, 3.05) is 5.32 Å². The molecule has 0 atom stereocenters. The molecule has 1 aromatic carbocycles. The first-order valence-electron chi connectivity index (χ1n) is 8.28. The van der Waals surface area contributed by atoms with Crippen LogP contribution in [0.5, 0.6) is 0 Å². The highest BCUT2D eigenvalue weighted by molar-refractivity contribution is 6.62. The predicted molar refractivity (Wildman–Crippen MR) is 88.0 cm³/mol. The number of carbonyl (C=O) groups is 1. The molecule has 2 N–H and O–H groups in total. The maximum absolute atomic E-state index is 12.4. The number of hydrogen-bond donors (Lipinski definition) is 2. The van der Waals surface area contributed by atoms with E-state index in [2.05, 4.69) is 5.32 Å². The maximum Gasteiger partial charge on any atom is 0.492 e. The lowest BCUT2D eigenvalue weighted by molar-refractivity contribution is -0.120. The van der Waals surface area contributed by atoms with Gasteiger partial charge >= 0.3 is 7.12 Å². The van der Waals surface area contributed by atoms with E-state index in [1.165, 1.54) is 12.8 Å². The van der Waals surface area contributed by atoms with E-state index in [1.54, 1.807) is 0 Å². The Morgan fingerprint density at radius 2 is 1.95 bits per heavy atom. The monoisotopic (exact) mass is 301 g/mol. The molecule has 0 saturated heterocycles. The molecule has 0 aromatic heterocycles. The van der Waals surface area contributed by atoms with E-state index in [0.29, 0.717) is 0 Å². The van der Waals surface area contributed by atoms with Crippen molar-refractivity contribution in [3.63, 3.8) is 0 Å². The van der Waals surface area contributed by atoms with Gasteiger partial charge in [0.15, 0.2) is 0 Å². The molecule has 4 nitrogen and oxygen atoms in total. The summed E-state index contributed by atoms with van der Waals surface area (Å²) in [6.45, 7) is 3.87. The molecule has 1 aliphatic heterocycles. The van der Waals surface area contributed by atoms with Crippen molar-refractivity contribution in [1.82, 2.24) is 0 Å². The van der Waals surface area contributed by atoms with Crippen molar-refractivity contribution in [2.45, 2.75) is 58.0 Å². The number of anilines is 1. The highest BCUT2D eigenvalue weighted by Crippen LogP contribution is 2.31. The lowest BCUT2D eigenvalue weighted by atomic mass is 9.78. The molecule has 0 radical (unpaired) electrons. The van der Waals surface area contributed by atoms with Gasteiger partial charge in [-0.25, -0.2) is 0 Å². The molecule has 3 rings (SSSR count). The molecule has 5 heteroatoms. The van der Waals surface area contributed by atoms with Crippen molar-refractivity contribution in [2.24, 2.45) is 5.92 Å². The second-order valence-electron chi connectivity index (χ2n) is 6.96. The Labute approximate surface area is 132 Å². The number of fused-ring (bicyclic) bond motifs is 1. The summed E-state index contributed by atoms with van der Waals surface area (Å²) in [5.74, 6) is 0.225. The molecular formula is C17H24BNO3. The normalized spacial score (nSPS) is 21.3. The number of hydrogen-bond acceptors (Lipinski definition) is 3. The first kappa shape index (κ1) is 15.6. The van der Waals surface area contributed by atoms with E-state index >= 15 is 0 Å². The molecule has 0 spiro atoms. The van der Waals surface area contributed by atoms with E-state index in [4.69, 9.17) is 4.65 Å². The summed E-state index contributed by atoms with van der Waals surface area (Å²) >= 11 is 0. The summed E-state index contributed by atoms with van der Waals surface area (Å²) in [6, 6.07) is 5.67. The molecule has 1 heterocycles. The van der Waals surface area contributed by atoms with Gasteiger partial charge in [-0.1, -0.05) is 31.7 Å². The van der Waals surface area contributed by atoms with Gasteiger partial charge in [0.05, 0.1) is 5.60 Å². The van der Waals surface area contributed by atoms with Crippen LogP contribution >= 0.6 is 0 Å². The summed E-state index contributed by atoms with van der Waals surface area (Å²) in [5, 5.41) is 13.0. The van der Waals surface area contributed by atoms with E-state index < -0.39 is 12.7 Å². The highest BCUT2D eigenvalue weighted by atomic mass is 16.5. The fourth-order valence-corrected chi connectivity index (χ4v) is 3.59. The van der Waals surface area contributed by atoms with Crippen molar-refractivity contribution in [1.29, 1.82) is 0 Å². The summed E-state index contributed by atoms with van der Waals surface area (Å²) in [4.78, 5) is 12.4. The summed E-state index contributed by atoms with van der Waals surface area (Å²) in [5.41, 5.74) is 1.99. The molecule has 1 amide bonds. The third-order valence-corrected chi connectivity index (χ3v) is 4.87. The first-order valence-corrected chi connectivity index (χ1v) is 8.28. The van der Waals surface area contributed by atoms with E-state index in [0.717, 1.165) is 42.4 Å². The minimum atomic E-state index is -0.917. The quantitative estimate of drug-likeness (QED) is 0.652. The van der Waals surface area contributed by atoms with E-state index in [-0.39, 0.29) is 11.8 Å². The molecule has 2 aliphatic rings. The van der Waals surface area contributed by atoms with Crippen LogP contribution in [0.3, 0.4) is 0 Å². The molecule has 0 bridgehead atoms. The number of rotatable bonds is 2. The Morgan fingerprint density at radius 1 is 1.27 bits per heavy atom. The van der Waals surface area contributed by atoms with Crippen LogP contribution in [0.2, 0.25) is 0 Å². The molecular weight excluding hydrogens is 277 g/mol. The molecule has 1 fully saturated rings. The van der Waals surface area contributed by atoms with Crippen LogP contribution in [0.1, 0.15) is 57.9 Å². The minimum Gasteiger partial charge on any atom is -0.423 e. The third-order valence-electron chi connectivity index (χ3n) is 4.87. The Bertz CT molecular complexity index is 565. The lowest BCUT2D eigenvalue weighted by Gasteiger charge is -2.20. The van der Waals surface area contributed by atoms with Gasteiger partial charge in [0.1, 0.15) is 0 Å². The van der Waals surface area contributed by atoms with Crippen LogP contribution < -0.4 is 10.8 Å². The largest absolute Gasteiger partial charge is 0.492 e. The Hall–Kier alpha value is -1.33. The number of nitrogens with one attached hydrogen (secondary N) is 1. The average molecular weight is 301 g/mol. The van der Waals surface area contributed by atoms with E-state index in [9.17, 15) is 9.82 Å². The average Bonchev–Trinajstić information content (AvgIpc) is 2.67. The SMILES string of the molecule is CC1(C)OB(O)c2cc(NC(=O)C3CCCCCC3)ccc21. The third kappa shape index (κ3) is 3.06. The van der Waals surface area contributed by atoms with Gasteiger partial charge < -0.3 is 15.0 Å². The first-order chi connectivity index (χ1) is 10.5. The topological polar surface area (TPSA) is 58.6 Å². The second kappa shape index (κ2) is 6.05. The summed E-state index contributed by atoms with van der Waals surface area (Å²) in [7, 11) is -0.917. The predicted octanol–water partition coefficient (Wildman–Crippen LogP) is 2.55. The van der Waals surface area contributed by atoms with Crippen LogP contribution in [-0.4, -0.2) is 18.0 Å². The number of benzene rings is 1. The molecule has 22 heavy (non-hydrogen) atoms. The molecule has 1 aromatic rings. The highest BCUT2D eigenvalue weighted by Gasteiger charge is 2.40. The molecule has 118 valence electrons. The van der Waals surface area contributed by atoms with Gasteiger partial charge in [0, 0.05) is 11.6 Å². The van der Waals surface area contributed by atoms with Crippen LogP contribution in [0.4, 0.5) is 5.69 Å². The fourth-order valence-electron chi connectivity index (χ4n) is 3.59. The Morgan fingerprint density at radius 3 is 2.64 bits per heavy atom. The Kier molecular flexibility index (Phi) is 4.28. The Balaban J connectivity index is 1.74. The smallest absolute Gasteiger partial charge is 0.423 e. The van der Waals surface area contributed by atoms with Crippen molar-refractivity contribution in [3.05, 3.63) is 23.8 Å². The zero-order valence-corrected chi connectivity index (χ0v) is 13.4. The number of carbonyl (C=O) groups excluding carboxylic acids is 1. The summed E-state index contributed by atoms with van der Waals surface area (Å²) in [6.07, 6.45) is 6.72. The van der Waals surface area contributed by atoms with Crippen molar-refractivity contribution < 1.29 is 14.5 Å². The number of amides is 1. The van der Waals surface area contributed by atoms with Crippen LogP contribution in [0.15, 0.2) is 18.2 Å². The van der Waals surface area contributed by atoms with Crippen LogP contribution in [0.25, 0.3) is 0 Å².